The van der Waals surface area contributed by atoms with Crippen LogP contribution in [0, 0.1) is 11.8 Å². The van der Waals surface area contributed by atoms with Gasteiger partial charge in [-0.3, -0.25) is 0 Å². The molecule has 0 amide bonds. The highest BCUT2D eigenvalue weighted by Gasteiger charge is 2.40. The molecule has 0 aromatic carbocycles. The van der Waals surface area contributed by atoms with E-state index in [1.165, 1.54) is 0 Å². The fourth-order valence-electron chi connectivity index (χ4n) is 3.00. The van der Waals surface area contributed by atoms with Gasteiger partial charge in [0, 0.05) is 0 Å². The number of hydrogen-bond donors (Lipinski definition) is 0. The standard InChI is InChI=1S/C14H25F3/c1-3-5-7-10(6-4-2)11-8-12(15)14(17)13(16)9-11/h10-14H,3-9H2,1-2H3. The van der Waals surface area contributed by atoms with Gasteiger partial charge in [0.05, 0.1) is 0 Å². The molecule has 1 fully saturated rings. The van der Waals surface area contributed by atoms with Crippen LogP contribution in [-0.2, 0) is 0 Å². The average Bonchev–Trinajstić information content (AvgIpc) is 2.31. The number of halogens is 3. The Hall–Kier alpha value is -0.210. The maximum absolute atomic E-state index is 13.4. The summed E-state index contributed by atoms with van der Waals surface area (Å²) >= 11 is 0. The topological polar surface area (TPSA) is 0 Å². The first-order chi connectivity index (χ1) is 8.10. The van der Waals surface area contributed by atoms with Crippen molar-refractivity contribution >= 4 is 0 Å². The van der Waals surface area contributed by atoms with Crippen LogP contribution in [-0.4, -0.2) is 18.5 Å². The van der Waals surface area contributed by atoms with E-state index in [0.717, 1.165) is 32.1 Å². The molecule has 0 saturated heterocycles. The Morgan fingerprint density at radius 1 is 0.941 bits per heavy atom. The van der Waals surface area contributed by atoms with Crippen LogP contribution in [0.1, 0.15) is 58.8 Å². The predicted molar refractivity (Wildman–Crippen MR) is 65.3 cm³/mol. The molecule has 3 heteroatoms. The maximum Gasteiger partial charge on any atom is 0.162 e. The molecule has 1 rings (SSSR count). The van der Waals surface area contributed by atoms with E-state index in [4.69, 9.17) is 0 Å². The van der Waals surface area contributed by atoms with Gasteiger partial charge in [-0.05, 0) is 24.7 Å². The van der Waals surface area contributed by atoms with Gasteiger partial charge >= 0.3 is 0 Å². The molecule has 1 saturated carbocycles. The minimum absolute atomic E-state index is 0.0403. The largest absolute Gasteiger partial charge is 0.244 e. The summed E-state index contributed by atoms with van der Waals surface area (Å²) in [5, 5.41) is 0. The van der Waals surface area contributed by atoms with Crippen LogP contribution in [0.4, 0.5) is 13.2 Å². The van der Waals surface area contributed by atoms with Crippen LogP contribution in [0.15, 0.2) is 0 Å². The first-order valence-electron chi connectivity index (χ1n) is 7.02. The van der Waals surface area contributed by atoms with Gasteiger partial charge in [0.1, 0.15) is 12.3 Å². The third-order valence-electron chi connectivity index (χ3n) is 4.00. The van der Waals surface area contributed by atoms with E-state index in [1.54, 1.807) is 0 Å². The minimum atomic E-state index is -1.89. The van der Waals surface area contributed by atoms with Gasteiger partial charge in [0.25, 0.3) is 0 Å². The van der Waals surface area contributed by atoms with Crippen molar-refractivity contribution in [3.63, 3.8) is 0 Å². The molecule has 0 N–H and O–H groups in total. The highest BCUT2D eigenvalue weighted by molar-refractivity contribution is 4.89. The zero-order chi connectivity index (χ0) is 12.8. The Morgan fingerprint density at radius 3 is 2.00 bits per heavy atom. The van der Waals surface area contributed by atoms with Crippen LogP contribution in [0.3, 0.4) is 0 Å². The summed E-state index contributed by atoms with van der Waals surface area (Å²) in [6.45, 7) is 4.22. The highest BCUT2D eigenvalue weighted by atomic mass is 19.2. The summed E-state index contributed by atoms with van der Waals surface area (Å²) in [6.07, 6.45) is 0.662. The van der Waals surface area contributed by atoms with Crippen molar-refractivity contribution in [2.24, 2.45) is 11.8 Å². The highest BCUT2D eigenvalue weighted by Crippen LogP contribution is 2.38. The van der Waals surface area contributed by atoms with Gasteiger partial charge in [-0.1, -0.05) is 46.0 Å². The summed E-state index contributed by atoms with van der Waals surface area (Å²) < 4.78 is 39.9. The van der Waals surface area contributed by atoms with Gasteiger partial charge in [0.15, 0.2) is 6.17 Å². The molecule has 3 unspecified atom stereocenters. The smallest absolute Gasteiger partial charge is 0.162 e. The predicted octanol–water partition coefficient (Wildman–Crippen LogP) is 5.02. The van der Waals surface area contributed by atoms with Gasteiger partial charge < -0.3 is 0 Å². The fourth-order valence-corrected chi connectivity index (χ4v) is 3.00. The summed E-state index contributed by atoms with van der Waals surface area (Å²) in [6, 6.07) is 0. The lowest BCUT2D eigenvalue weighted by Gasteiger charge is -2.35. The van der Waals surface area contributed by atoms with Crippen LogP contribution in [0.5, 0.6) is 0 Å². The summed E-state index contributed by atoms with van der Waals surface area (Å²) in [5.74, 6) is 0.419. The molecule has 0 nitrogen and oxygen atoms in total. The number of rotatable bonds is 6. The molecule has 0 heterocycles. The molecular weight excluding hydrogens is 225 g/mol. The van der Waals surface area contributed by atoms with Gasteiger partial charge in [0.2, 0.25) is 0 Å². The lowest BCUT2D eigenvalue weighted by atomic mass is 9.74. The molecule has 0 spiro atoms. The van der Waals surface area contributed by atoms with Crippen molar-refractivity contribution in [1.29, 1.82) is 0 Å². The fraction of sp³-hybridized carbons (Fsp3) is 1.00. The zero-order valence-corrected chi connectivity index (χ0v) is 11.0. The molecule has 0 aromatic heterocycles. The lowest BCUT2D eigenvalue weighted by molar-refractivity contribution is 0.000164. The van der Waals surface area contributed by atoms with Gasteiger partial charge in [-0.15, -0.1) is 0 Å². The minimum Gasteiger partial charge on any atom is -0.244 e. The normalized spacial score (nSPS) is 35.8. The molecule has 17 heavy (non-hydrogen) atoms. The molecule has 0 aromatic rings. The molecule has 0 bridgehead atoms. The van der Waals surface area contributed by atoms with E-state index < -0.39 is 18.5 Å². The van der Waals surface area contributed by atoms with Crippen molar-refractivity contribution in [2.45, 2.75) is 77.3 Å². The third kappa shape index (κ3) is 4.18. The zero-order valence-electron chi connectivity index (χ0n) is 11.0. The molecule has 102 valence electrons. The van der Waals surface area contributed by atoms with E-state index in [9.17, 15) is 13.2 Å². The Labute approximate surface area is 103 Å². The SMILES string of the molecule is CCCCC(CCC)C1CC(F)C(F)C(F)C1. The second-order valence-corrected chi connectivity index (χ2v) is 5.40. The number of unbranched alkanes of at least 4 members (excludes halogenated alkanes) is 1. The van der Waals surface area contributed by atoms with Crippen LogP contribution >= 0.6 is 0 Å². The molecule has 1 aliphatic rings. The van der Waals surface area contributed by atoms with E-state index in [-0.39, 0.29) is 18.8 Å². The maximum atomic E-state index is 13.4. The van der Waals surface area contributed by atoms with Crippen molar-refractivity contribution in [3.05, 3.63) is 0 Å². The van der Waals surface area contributed by atoms with Crippen LogP contribution in [0.2, 0.25) is 0 Å². The van der Waals surface area contributed by atoms with Crippen LogP contribution < -0.4 is 0 Å². The summed E-state index contributed by atoms with van der Waals surface area (Å²) in [7, 11) is 0. The Kier molecular flexibility index (Phi) is 6.35. The molecular formula is C14H25F3. The first-order valence-corrected chi connectivity index (χ1v) is 7.02. The lowest BCUT2D eigenvalue weighted by Crippen LogP contribution is -2.39. The Balaban J connectivity index is 2.54. The number of alkyl halides is 3. The number of hydrogen-bond acceptors (Lipinski definition) is 0. The van der Waals surface area contributed by atoms with E-state index in [0.29, 0.717) is 5.92 Å². The summed E-state index contributed by atoms with van der Waals surface area (Å²) in [4.78, 5) is 0. The molecule has 0 aliphatic heterocycles. The molecule has 0 radical (unpaired) electrons. The molecule has 1 aliphatic carbocycles. The van der Waals surface area contributed by atoms with Crippen molar-refractivity contribution < 1.29 is 13.2 Å². The van der Waals surface area contributed by atoms with E-state index >= 15 is 0 Å². The van der Waals surface area contributed by atoms with E-state index in [1.807, 2.05) is 0 Å². The second kappa shape index (κ2) is 7.27. The Morgan fingerprint density at radius 2 is 1.53 bits per heavy atom. The van der Waals surface area contributed by atoms with Crippen molar-refractivity contribution in [1.82, 2.24) is 0 Å². The first kappa shape index (κ1) is 14.8. The quantitative estimate of drug-likeness (QED) is 0.621. The van der Waals surface area contributed by atoms with Gasteiger partial charge in [-0.25, -0.2) is 13.2 Å². The van der Waals surface area contributed by atoms with Gasteiger partial charge in [-0.2, -0.15) is 0 Å². The van der Waals surface area contributed by atoms with Crippen LogP contribution in [0.25, 0.3) is 0 Å². The summed E-state index contributed by atoms with van der Waals surface area (Å²) in [5.41, 5.74) is 0. The average molecular weight is 250 g/mol. The monoisotopic (exact) mass is 250 g/mol. The Bertz CT molecular complexity index is 196. The second-order valence-electron chi connectivity index (χ2n) is 5.40. The third-order valence-corrected chi connectivity index (χ3v) is 4.00. The van der Waals surface area contributed by atoms with E-state index in [2.05, 4.69) is 13.8 Å². The molecule has 3 atom stereocenters. The van der Waals surface area contributed by atoms with Crippen molar-refractivity contribution in [2.75, 3.05) is 0 Å². The van der Waals surface area contributed by atoms with Crippen molar-refractivity contribution in [3.8, 4) is 0 Å².